The maximum atomic E-state index is 13.7. The van der Waals surface area contributed by atoms with E-state index >= 15 is 0 Å². The number of carbonyl (C=O) groups excluding carboxylic acids is 2. The van der Waals surface area contributed by atoms with Gasteiger partial charge in [0, 0.05) is 31.0 Å². The van der Waals surface area contributed by atoms with Crippen molar-refractivity contribution in [1.29, 1.82) is 0 Å². The Balaban J connectivity index is 1.54. The van der Waals surface area contributed by atoms with Gasteiger partial charge in [-0.3, -0.25) is 14.6 Å². The third kappa shape index (κ3) is 3.58. The van der Waals surface area contributed by atoms with Gasteiger partial charge >= 0.3 is 0 Å². The molecule has 5 nitrogen and oxygen atoms in total. The molecule has 2 heterocycles. The highest BCUT2D eigenvalue weighted by molar-refractivity contribution is 6.02. The fourth-order valence-electron chi connectivity index (χ4n) is 5.46. The molecular formula is C27H27N3O2. The molecule has 5 rings (SSSR count). The molecule has 1 aromatic heterocycles. The van der Waals surface area contributed by atoms with Crippen molar-refractivity contribution in [1.82, 2.24) is 15.2 Å². The topological polar surface area (TPSA) is 62.3 Å². The maximum absolute atomic E-state index is 13.7. The van der Waals surface area contributed by atoms with Crippen LogP contribution in [0.5, 0.6) is 0 Å². The number of hydrogen-bond donors (Lipinski definition) is 1. The molecule has 1 N–H and O–H groups in total. The summed E-state index contributed by atoms with van der Waals surface area (Å²) >= 11 is 0. The number of aromatic nitrogens is 1. The van der Waals surface area contributed by atoms with Crippen LogP contribution in [0.2, 0.25) is 0 Å². The summed E-state index contributed by atoms with van der Waals surface area (Å²) in [7, 11) is 0. The van der Waals surface area contributed by atoms with Gasteiger partial charge in [-0.1, -0.05) is 67.4 Å². The van der Waals surface area contributed by atoms with Gasteiger partial charge < -0.3 is 10.2 Å². The number of carbonyl (C=O) groups is 2. The van der Waals surface area contributed by atoms with E-state index < -0.39 is 5.54 Å². The zero-order valence-electron chi connectivity index (χ0n) is 18.0. The van der Waals surface area contributed by atoms with E-state index in [1.165, 1.54) is 0 Å². The average molecular weight is 426 g/mol. The Hall–Kier alpha value is -3.47. The number of pyridine rings is 1. The van der Waals surface area contributed by atoms with Gasteiger partial charge in [-0.25, -0.2) is 0 Å². The molecule has 1 spiro atoms. The fourth-order valence-corrected chi connectivity index (χ4v) is 5.46. The smallest absolute Gasteiger partial charge is 0.254 e. The second-order valence-corrected chi connectivity index (χ2v) is 8.79. The lowest BCUT2D eigenvalue weighted by molar-refractivity contribution is -0.126. The molecule has 0 bridgehead atoms. The quantitative estimate of drug-likeness (QED) is 0.657. The Morgan fingerprint density at radius 2 is 1.69 bits per heavy atom. The summed E-state index contributed by atoms with van der Waals surface area (Å²) in [6.07, 6.45) is 7.21. The van der Waals surface area contributed by atoms with Crippen molar-refractivity contribution in [3.05, 3.63) is 101 Å². The first-order chi connectivity index (χ1) is 15.7. The summed E-state index contributed by atoms with van der Waals surface area (Å²) in [5.41, 5.74) is 3.04. The van der Waals surface area contributed by atoms with Crippen molar-refractivity contribution >= 4 is 11.8 Å². The highest BCUT2D eigenvalue weighted by Crippen LogP contribution is 2.50. The summed E-state index contributed by atoms with van der Waals surface area (Å²) in [6.45, 7) is 0.939. The lowest BCUT2D eigenvalue weighted by Gasteiger charge is -2.50. The molecular weight excluding hydrogens is 398 g/mol. The van der Waals surface area contributed by atoms with E-state index in [4.69, 9.17) is 0 Å². The molecule has 1 saturated carbocycles. The third-order valence-corrected chi connectivity index (χ3v) is 6.93. The lowest BCUT2D eigenvalue weighted by Crippen LogP contribution is -2.60. The van der Waals surface area contributed by atoms with Crippen LogP contribution in [0.25, 0.3) is 0 Å². The van der Waals surface area contributed by atoms with Crippen LogP contribution in [-0.2, 0) is 17.9 Å². The second kappa shape index (κ2) is 8.58. The minimum atomic E-state index is -0.500. The second-order valence-electron chi connectivity index (χ2n) is 8.79. The number of benzene rings is 2. The summed E-state index contributed by atoms with van der Waals surface area (Å²) in [5.74, 6) is -0.379. The molecule has 1 unspecified atom stereocenters. The van der Waals surface area contributed by atoms with Gasteiger partial charge in [0.15, 0.2) is 0 Å². The molecule has 0 saturated heterocycles. The highest BCUT2D eigenvalue weighted by atomic mass is 16.2. The van der Waals surface area contributed by atoms with Gasteiger partial charge in [0.05, 0.1) is 11.5 Å². The van der Waals surface area contributed by atoms with Crippen molar-refractivity contribution < 1.29 is 9.59 Å². The predicted molar refractivity (Wildman–Crippen MR) is 123 cm³/mol. The normalized spacial score (nSPS) is 19.1. The predicted octanol–water partition coefficient (Wildman–Crippen LogP) is 4.45. The van der Waals surface area contributed by atoms with Crippen LogP contribution in [0.4, 0.5) is 0 Å². The van der Waals surface area contributed by atoms with Gasteiger partial charge in [0.1, 0.15) is 0 Å². The number of nitrogens with one attached hydrogen (secondary N) is 1. The minimum absolute atomic E-state index is 0.0197. The van der Waals surface area contributed by atoms with Gasteiger partial charge in [0.25, 0.3) is 5.91 Å². The van der Waals surface area contributed by atoms with Crippen molar-refractivity contribution in [2.45, 2.75) is 50.2 Å². The Morgan fingerprint density at radius 1 is 0.969 bits per heavy atom. The molecule has 2 aromatic carbocycles. The molecule has 2 amide bonds. The monoisotopic (exact) mass is 425 g/mol. The summed E-state index contributed by atoms with van der Waals surface area (Å²) in [5, 5.41) is 3.14. The fraction of sp³-hybridized carbons (Fsp3) is 0.296. The Labute approximate surface area is 188 Å². The number of amides is 2. The largest absolute Gasteiger partial charge is 0.351 e. The number of rotatable bonds is 5. The van der Waals surface area contributed by atoms with Crippen molar-refractivity contribution in [3.63, 3.8) is 0 Å². The number of hydrogen-bond acceptors (Lipinski definition) is 3. The van der Waals surface area contributed by atoms with E-state index in [2.05, 4.69) is 10.3 Å². The van der Waals surface area contributed by atoms with Gasteiger partial charge in [-0.15, -0.1) is 0 Å². The van der Waals surface area contributed by atoms with E-state index in [-0.39, 0.29) is 17.7 Å². The molecule has 1 atom stereocenters. The van der Waals surface area contributed by atoms with E-state index in [9.17, 15) is 9.59 Å². The maximum Gasteiger partial charge on any atom is 0.254 e. The molecule has 0 radical (unpaired) electrons. The molecule has 5 heteroatoms. The number of nitrogens with zero attached hydrogens (tertiary/aromatic N) is 2. The molecule has 162 valence electrons. The average Bonchev–Trinajstić information content (AvgIpc) is 3.32. The van der Waals surface area contributed by atoms with E-state index in [1.54, 1.807) is 12.4 Å². The zero-order valence-corrected chi connectivity index (χ0v) is 18.0. The van der Waals surface area contributed by atoms with Crippen LogP contribution < -0.4 is 5.32 Å². The Morgan fingerprint density at radius 3 is 2.44 bits per heavy atom. The van der Waals surface area contributed by atoms with Crippen LogP contribution >= 0.6 is 0 Å². The highest BCUT2D eigenvalue weighted by Gasteiger charge is 2.55. The lowest BCUT2D eigenvalue weighted by atomic mass is 9.71. The Bertz CT molecular complexity index is 1110. The molecule has 32 heavy (non-hydrogen) atoms. The first-order valence-electron chi connectivity index (χ1n) is 11.3. The van der Waals surface area contributed by atoms with Crippen LogP contribution in [0.15, 0.2) is 79.1 Å². The van der Waals surface area contributed by atoms with Gasteiger partial charge in [-0.05, 0) is 41.7 Å². The zero-order chi connectivity index (χ0) is 22.0. The van der Waals surface area contributed by atoms with E-state index in [0.717, 1.165) is 42.4 Å². The van der Waals surface area contributed by atoms with Gasteiger partial charge in [-0.2, -0.15) is 0 Å². The van der Waals surface area contributed by atoms with E-state index in [0.29, 0.717) is 18.7 Å². The molecule has 3 aromatic rings. The van der Waals surface area contributed by atoms with Crippen molar-refractivity contribution in [2.24, 2.45) is 0 Å². The Kier molecular flexibility index (Phi) is 5.48. The molecule has 1 aliphatic carbocycles. The van der Waals surface area contributed by atoms with Crippen molar-refractivity contribution in [2.75, 3.05) is 0 Å². The summed E-state index contributed by atoms with van der Waals surface area (Å²) in [6, 6.07) is 21.5. The van der Waals surface area contributed by atoms with Crippen LogP contribution in [0.1, 0.15) is 58.6 Å². The van der Waals surface area contributed by atoms with Crippen LogP contribution in [0, 0.1) is 0 Å². The first-order valence-corrected chi connectivity index (χ1v) is 11.3. The standard InChI is InChI=1S/C27H27N3O2/c31-25(29-18-21-11-8-16-28-17-21)24-22-12-4-5-13-23(22)26(32)30(27(24)14-6-7-15-27)19-20-9-2-1-3-10-20/h1-5,8-13,16-17,24H,6-7,14-15,18-19H2,(H,29,31). The molecule has 2 aliphatic rings. The minimum Gasteiger partial charge on any atom is -0.351 e. The van der Waals surface area contributed by atoms with E-state index in [1.807, 2.05) is 71.6 Å². The third-order valence-electron chi connectivity index (χ3n) is 6.93. The molecule has 1 aliphatic heterocycles. The summed E-state index contributed by atoms with van der Waals surface area (Å²) in [4.78, 5) is 33.6. The van der Waals surface area contributed by atoms with Crippen molar-refractivity contribution in [3.8, 4) is 0 Å². The van der Waals surface area contributed by atoms with Crippen LogP contribution in [-0.4, -0.2) is 27.2 Å². The van der Waals surface area contributed by atoms with Gasteiger partial charge in [0.2, 0.25) is 5.91 Å². The SMILES string of the molecule is O=C(NCc1cccnc1)C1c2ccccc2C(=O)N(Cc2ccccc2)C12CCCC2. The first kappa shape index (κ1) is 20.4. The molecule has 1 fully saturated rings. The summed E-state index contributed by atoms with van der Waals surface area (Å²) < 4.78 is 0. The number of fused-ring (bicyclic) bond motifs is 1. The van der Waals surface area contributed by atoms with Crippen LogP contribution in [0.3, 0.4) is 0 Å².